The lowest BCUT2D eigenvalue weighted by atomic mass is 9.95. The van der Waals surface area contributed by atoms with Crippen LogP contribution in [0.25, 0.3) is 10.9 Å². The lowest BCUT2D eigenvalue weighted by Crippen LogP contribution is -2.23. The van der Waals surface area contributed by atoms with Gasteiger partial charge in [-0.3, -0.25) is 4.79 Å². The molecular weight excluding hydrogens is 359 g/mol. The van der Waals surface area contributed by atoms with E-state index < -0.39 is 23.3 Å². The fourth-order valence-electron chi connectivity index (χ4n) is 2.98. The molecule has 1 aromatic heterocycles. The summed E-state index contributed by atoms with van der Waals surface area (Å²) in [5.74, 6) is -0.800. The van der Waals surface area contributed by atoms with Gasteiger partial charge < -0.3 is 9.72 Å². The van der Waals surface area contributed by atoms with Crippen LogP contribution in [-0.4, -0.2) is 17.6 Å². The Morgan fingerprint density at radius 1 is 1.11 bits per heavy atom. The first-order valence-corrected chi connectivity index (χ1v) is 8.28. The highest BCUT2D eigenvalue weighted by atomic mass is 19.4. The molecule has 3 aromatic rings. The summed E-state index contributed by atoms with van der Waals surface area (Å²) in [6.45, 7) is 1.69. The Labute approximate surface area is 152 Å². The number of alkyl halides is 3. The third-order valence-electron chi connectivity index (χ3n) is 4.14. The Bertz CT molecular complexity index is 1050. The number of aromatic amines is 1. The molecule has 7 heteroatoms. The van der Waals surface area contributed by atoms with Gasteiger partial charge in [0.25, 0.3) is 5.56 Å². The van der Waals surface area contributed by atoms with Gasteiger partial charge in [0.2, 0.25) is 0 Å². The summed E-state index contributed by atoms with van der Waals surface area (Å²) in [6, 6.07) is 11.6. The molecule has 0 bridgehead atoms. The third-order valence-corrected chi connectivity index (χ3v) is 4.14. The second kappa shape index (κ2) is 7.26. The standard InChI is InChI=1S/C20H16F3NO3/c1-2-27-19(26)17-15(14-8-3-4-9-16(14)24-18(17)25)11-12-6-5-7-13(10-12)20(21,22)23/h3-10H,2,11H2,1H3,(H,24,25). The first-order valence-electron chi connectivity index (χ1n) is 8.28. The number of benzene rings is 2. The number of esters is 1. The lowest BCUT2D eigenvalue weighted by Gasteiger charge is -2.13. The second-order valence-corrected chi connectivity index (χ2v) is 5.95. The number of ether oxygens (including phenoxy) is 1. The van der Waals surface area contributed by atoms with E-state index in [1.807, 2.05) is 0 Å². The summed E-state index contributed by atoms with van der Waals surface area (Å²) in [7, 11) is 0. The Morgan fingerprint density at radius 2 is 1.85 bits per heavy atom. The minimum atomic E-state index is -4.48. The van der Waals surface area contributed by atoms with Crippen LogP contribution in [0.3, 0.4) is 0 Å². The molecule has 0 aliphatic carbocycles. The van der Waals surface area contributed by atoms with Crippen LogP contribution in [0.4, 0.5) is 13.2 Å². The number of nitrogens with one attached hydrogen (secondary N) is 1. The van der Waals surface area contributed by atoms with E-state index in [0.717, 1.165) is 12.1 Å². The average Bonchev–Trinajstić information content (AvgIpc) is 2.61. The number of hydrogen-bond donors (Lipinski definition) is 1. The van der Waals surface area contributed by atoms with Gasteiger partial charge >= 0.3 is 12.1 Å². The molecule has 0 aliphatic rings. The van der Waals surface area contributed by atoms with Gasteiger partial charge in [0.15, 0.2) is 0 Å². The van der Waals surface area contributed by atoms with Crippen molar-refractivity contribution in [2.75, 3.05) is 6.61 Å². The monoisotopic (exact) mass is 375 g/mol. The zero-order valence-corrected chi connectivity index (χ0v) is 14.4. The van der Waals surface area contributed by atoms with Crippen molar-refractivity contribution in [1.29, 1.82) is 0 Å². The molecule has 0 saturated carbocycles. The van der Waals surface area contributed by atoms with Crippen molar-refractivity contribution in [3.05, 3.63) is 81.1 Å². The van der Waals surface area contributed by atoms with E-state index in [1.54, 1.807) is 31.2 Å². The maximum absolute atomic E-state index is 13.0. The third kappa shape index (κ3) is 3.86. The van der Waals surface area contributed by atoms with E-state index in [2.05, 4.69) is 4.98 Å². The summed E-state index contributed by atoms with van der Waals surface area (Å²) < 4.78 is 44.0. The van der Waals surface area contributed by atoms with E-state index in [-0.39, 0.29) is 18.6 Å². The normalized spacial score (nSPS) is 11.6. The van der Waals surface area contributed by atoms with Crippen LogP contribution < -0.4 is 5.56 Å². The number of halogens is 3. The molecule has 0 amide bonds. The highest BCUT2D eigenvalue weighted by Gasteiger charge is 2.30. The molecule has 0 aliphatic heterocycles. The van der Waals surface area contributed by atoms with Crippen LogP contribution in [0.2, 0.25) is 0 Å². The summed E-state index contributed by atoms with van der Waals surface area (Å²) in [5, 5.41) is 0.581. The van der Waals surface area contributed by atoms with Crippen molar-refractivity contribution < 1.29 is 22.7 Å². The van der Waals surface area contributed by atoms with E-state index in [4.69, 9.17) is 4.74 Å². The molecule has 0 unspecified atom stereocenters. The molecule has 1 heterocycles. The molecule has 0 atom stereocenters. The largest absolute Gasteiger partial charge is 0.462 e. The van der Waals surface area contributed by atoms with Gasteiger partial charge in [0.1, 0.15) is 5.56 Å². The number of pyridine rings is 1. The van der Waals surface area contributed by atoms with Gasteiger partial charge in [-0.05, 0) is 36.6 Å². The quantitative estimate of drug-likeness (QED) is 0.691. The molecule has 140 valence electrons. The number of carbonyl (C=O) groups excluding carboxylic acids is 1. The van der Waals surface area contributed by atoms with Gasteiger partial charge in [-0.2, -0.15) is 13.2 Å². The number of carbonyl (C=O) groups is 1. The average molecular weight is 375 g/mol. The molecule has 4 nitrogen and oxygen atoms in total. The molecule has 0 spiro atoms. The van der Waals surface area contributed by atoms with Crippen molar-refractivity contribution in [3.8, 4) is 0 Å². The zero-order chi connectivity index (χ0) is 19.6. The van der Waals surface area contributed by atoms with Crippen molar-refractivity contribution in [1.82, 2.24) is 4.98 Å². The molecular formula is C20H16F3NO3. The molecule has 2 aromatic carbocycles. The van der Waals surface area contributed by atoms with Crippen LogP contribution in [0, 0.1) is 0 Å². The summed E-state index contributed by atoms with van der Waals surface area (Å²) >= 11 is 0. The summed E-state index contributed by atoms with van der Waals surface area (Å²) in [4.78, 5) is 27.4. The first kappa shape index (κ1) is 18.7. The van der Waals surface area contributed by atoms with Gasteiger partial charge in [-0.25, -0.2) is 4.79 Å². The van der Waals surface area contributed by atoms with E-state index in [0.29, 0.717) is 22.0 Å². The summed E-state index contributed by atoms with van der Waals surface area (Å²) in [6.07, 6.45) is -4.49. The van der Waals surface area contributed by atoms with Gasteiger partial charge in [-0.1, -0.05) is 36.4 Å². The predicted octanol–water partition coefficient (Wildman–Crippen LogP) is 4.31. The van der Waals surface area contributed by atoms with Gasteiger partial charge in [0, 0.05) is 10.9 Å². The Balaban J connectivity index is 2.19. The zero-order valence-electron chi connectivity index (χ0n) is 14.4. The maximum Gasteiger partial charge on any atom is 0.416 e. The highest BCUT2D eigenvalue weighted by Crippen LogP contribution is 2.30. The molecule has 0 saturated heterocycles. The van der Waals surface area contributed by atoms with Crippen LogP contribution in [0.5, 0.6) is 0 Å². The van der Waals surface area contributed by atoms with Gasteiger partial charge in [-0.15, -0.1) is 0 Å². The van der Waals surface area contributed by atoms with Crippen LogP contribution >= 0.6 is 0 Å². The van der Waals surface area contributed by atoms with Crippen molar-refractivity contribution in [2.24, 2.45) is 0 Å². The number of hydrogen-bond acceptors (Lipinski definition) is 3. The van der Waals surface area contributed by atoms with E-state index in [1.165, 1.54) is 12.1 Å². The van der Waals surface area contributed by atoms with Crippen molar-refractivity contribution in [2.45, 2.75) is 19.5 Å². The van der Waals surface area contributed by atoms with Crippen molar-refractivity contribution >= 4 is 16.9 Å². The minimum absolute atomic E-state index is 0.0114. The Hall–Kier alpha value is -3.09. The molecule has 27 heavy (non-hydrogen) atoms. The maximum atomic E-state index is 13.0. The fourth-order valence-corrected chi connectivity index (χ4v) is 2.98. The number of para-hydroxylation sites is 1. The molecule has 0 radical (unpaired) electrons. The topological polar surface area (TPSA) is 59.2 Å². The Morgan fingerprint density at radius 3 is 2.56 bits per heavy atom. The van der Waals surface area contributed by atoms with E-state index in [9.17, 15) is 22.8 Å². The molecule has 0 fully saturated rings. The first-order chi connectivity index (χ1) is 12.8. The minimum Gasteiger partial charge on any atom is -0.462 e. The summed E-state index contributed by atoms with van der Waals surface area (Å²) in [5.41, 5.74) is -0.426. The number of rotatable bonds is 4. The van der Waals surface area contributed by atoms with Crippen LogP contribution in [0.15, 0.2) is 53.3 Å². The lowest BCUT2D eigenvalue weighted by molar-refractivity contribution is -0.137. The van der Waals surface area contributed by atoms with Crippen LogP contribution in [-0.2, 0) is 17.3 Å². The SMILES string of the molecule is CCOC(=O)c1c(Cc2cccc(C(F)(F)F)c2)c2ccccc2[nH]c1=O. The second-order valence-electron chi connectivity index (χ2n) is 5.95. The van der Waals surface area contributed by atoms with Crippen LogP contribution in [0.1, 0.15) is 34.0 Å². The number of fused-ring (bicyclic) bond motifs is 1. The number of aromatic nitrogens is 1. The smallest absolute Gasteiger partial charge is 0.416 e. The van der Waals surface area contributed by atoms with Crippen molar-refractivity contribution in [3.63, 3.8) is 0 Å². The predicted molar refractivity (Wildman–Crippen MR) is 94.8 cm³/mol. The number of H-pyrrole nitrogens is 1. The highest BCUT2D eigenvalue weighted by molar-refractivity contribution is 5.97. The fraction of sp³-hybridized carbons (Fsp3) is 0.200. The van der Waals surface area contributed by atoms with Gasteiger partial charge in [0.05, 0.1) is 12.2 Å². The molecule has 3 rings (SSSR count). The Kier molecular flexibility index (Phi) is 5.03. The molecule has 1 N–H and O–H groups in total. The van der Waals surface area contributed by atoms with E-state index >= 15 is 0 Å².